The number of hydrogen-bond acceptors (Lipinski definition) is 5. The summed E-state index contributed by atoms with van der Waals surface area (Å²) in [5.41, 5.74) is 0. The van der Waals surface area contributed by atoms with E-state index in [4.69, 9.17) is 4.74 Å². The number of anilines is 1. The number of rotatable bonds is 2. The van der Waals surface area contributed by atoms with E-state index in [-0.39, 0.29) is 12.0 Å². The van der Waals surface area contributed by atoms with Gasteiger partial charge in [0.05, 0.1) is 12.7 Å². The molecule has 0 aromatic carbocycles. The molecule has 3 heterocycles. The van der Waals surface area contributed by atoms with Gasteiger partial charge >= 0.3 is 0 Å². The monoisotopic (exact) mass is 344 g/mol. The Hall–Kier alpha value is -1.69. The lowest BCUT2D eigenvalue weighted by molar-refractivity contribution is -0.136. The minimum Gasteiger partial charge on any atom is -0.374 e. The average Bonchev–Trinajstić information content (AvgIpc) is 2.94. The van der Waals surface area contributed by atoms with Gasteiger partial charge in [-0.3, -0.25) is 4.79 Å². The van der Waals surface area contributed by atoms with Crippen molar-refractivity contribution in [2.75, 3.05) is 37.7 Å². The molecule has 6 nitrogen and oxygen atoms in total. The lowest BCUT2D eigenvalue weighted by atomic mass is 9.82. The third kappa shape index (κ3) is 3.64. The van der Waals surface area contributed by atoms with Crippen molar-refractivity contribution in [1.82, 2.24) is 14.9 Å². The molecule has 136 valence electrons. The fourth-order valence-corrected chi connectivity index (χ4v) is 4.48. The highest BCUT2D eigenvalue weighted by Gasteiger charge is 2.40. The van der Waals surface area contributed by atoms with Gasteiger partial charge in [-0.2, -0.15) is 0 Å². The predicted octanol–water partition coefficient (Wildman–Crippen LogP) is 1.97. The molecule has 0 bridgehead atoms. The van der Waals surface area contributed by atoms with Crippen LogP contribution in [-0.4, -0.2) is 59.7 Å². The molecule has 1 aromatic heterocycles. The Labute approximate surface area is 149 Å². The van der Waals surface area contributed by atoms with E-state index in [0.717, 1.165) is 50.9 Å². The molecule has 0 radical (unpaired) electrons. The zero-order valence-electron chi connectivity index (χ0n) is 15.0. The van der Waals surface area contributed by atoms with Crippen LogP contribution >= 0.6 is 0 Å². The van der Waals surface area contributed by atoms with E-state index in [1.54, 1.807) is 12.4 Å². The van der Waals surface area contributed by atoms with Crippen LogP contribution in [0.5, 0.6) is 0 Å². The summed E-state index contributed by atoms with van der Waals surface area (Å²) in [5.74, 6) is 2.46. The quantitative estimate of drug-likeness (QED) is 0.821. The first kappa shape index (κ1) is 16.8. The van der Waals surface area contributed by atoms with Gasteiger partial charge in [0.25, 0.3) is 0 Å². The van der Waals surface area contributed by atoms with Gasteiger partial charge in [0.1, 0.15) is 0 Å². The van der Waals surface area contributed by atoms with Crippen molar-refractivity contribution >= 4 is 11.9 Å². The Kier molecular flexibility index (Phi) is 4.88. The Balaban J connectivity index is 1.39. The number of aromatic nitrogens is 2. The molecular weight excluding hydrogens is 316 g/mol. The molecule has 0 unspecified atom stereocenters. The maximum absolute atomic E-state index is 12.9. The summed E-state index contributed by atoms with van der Waals surface area (Å²) in [6.07, 6.45) is 8.19. The van der Waals surface area contributed by atoms with Crippen LogP contribution in [-0.2, 0) is 9.53 Å². The molecule has 0 spiro atoms. The Morgan fingerprint density at radius 1 is 1.12 bits per heavy atom. The van der Waals surface area contributed by atoms with E-state index in [2.05, 4.69) is 26.7 Å². The molecule has 1 aliphatic carbocycles. The zero-order valence-corrected chi connectivity index (χ0v) is 15.0. The maximum Gasteiger partial charge on any atom is 0.225 e. The summed E-state index contributed by atoms with van der Waals surface area (Å²) in [6, 6.07) is 1.83. The second kappa shape index (κ2) is 7.28. The fraction of sp³-hybridized carbons (Fsp3) is 0.737. The molecular formula is C19H28N4O2. The lowest BCUT2D eigenvalue weighted by Crippen LogP contribution is -2.38. The highest BCUT2D eigenvalue weighted by molar-refractivity contribution is 5.79. The predicted molar refractivity (Wildman–Crippen MR) is 95.2 cm³/mol. The van der Waals surface area contributed by atoms with Crippen LogP contribution in [0.1, 0.15) is 32.6 Å². The van der Waals surface area contributed by atoms with E-state index in [1.165, 1.54) is 12.8 Å². The first-order valence-corrected chi connectivity index (χ1v) is 9.63. The minimum absolute atomic E-state index is 0.153. The molecule has 3 aliphatic rings. The number of hydrogen-bond donors (Lipinski definition) is 0. The summed E-state index contributed by atoms with van der Waals surface area (Å²) in [6.45, 7) is 6.19. The first-order chi connectivity index (χ1) is 12.2. The van der Waals surface area contributed by atoms with Crippen LogP contribution in [0.25, 0.3) is 0 Å². The third-order valence-corrected chi connectivity index (χ3v) is 6.04. The van der Waals surface area contributed by atoms with Crippen molar-refractivity contribution in [3.63, 3.8) is 0 Å². The van der Waals surface area contributed by atoms with Crippen molar-refractivity contribution in [3.05, 3.63) is 18.5 Å². The van der Waals surface area contributed by atoms with Crippen molar-refractivity contribution < 1.29 is 9.53 Å². The highest BCUT2D eigenvalue weighted by Crippen LogP contribution is 2.32. The molecule has 4 rings (SSSR count). The Morgan fingerprint density at radius 2 is 1.88 bits per heavy atom. The van der Waals surface area contributed by atoms with Crippen molar-refractivity contribution in [1.29, 1.82) is 0 Å². The molecule has 3 fully saturated rings. The average molecular weight is 344 g/mol. The molecule has 6 heteroatoms. The second-order valence-electron chi connectivity index (χ2n) is 7.86. The van der Waals surface area contributed by atoms with Crippen molar-refractivity contribution in [3.8, 4) is 0 Å². The largest absolute Gasteiger partial charge is 0.374 e. The molecule has 2 aliphatic heterocycles. The summed E-state index contributed by atoms with van der Waals surface area (Å²) in [5, 5.41) is 0. The number of carbonyl (C=O) groups is 1. The van der Waals surface area contributed by atoms with Crippen molar-refractivity contribution in [2.24, 2.45) is 17.8 Å². The number of carbonyl (C=O) groups excluding carboxylic acids is 1. The molecule has 1 aromatic rings. The van der Waals surface area contributed by atoms with Crippen LogP contribution < -0.4 is 4.90 Å². The standard InChI is InChI=1S/C19H28N4O2/c1-14-3-5-15(6-4-14)18(24)23-12-16-11-22(9-10-25-17(16)13-23)19-20-7-2-8-21-19/h2,7-8,14-17H,3-6,9-13H2,1H3/t14?,15?,16-,17+/m0/s1. The van der Waals surface area contributed by atoms with Gasteiger partial charge in [-0.15, -0.1) is 0 Å². The van der Waals surface area contributed by atoms with Crippen LogP contribution in [0, 0.1) is 17.8 Å². The molecule has 1 amide bonds. The first-order valence-electron chi connectivity index (χ1n) is 9.63. The number of fused-ring (bicyclic) bond motifs is 1. The third-order valence-electron chi connectivity index (χ3n) is 6.04. The number of nitrogens with zero attached hydrogens (tertiary/aromatic N) is 4. The van der Waals surface area contributed by atoms with Gasteiger partial charge in [0.15, 0.2) is 0 Å². The number of ether oxygens (including phenoxy) is 1. The van der Waals surface area contributed by atoms with Crippen LogP contribution in [0.15, 0.2) is 18.5 Å². The van der Waals surface area contributed by atoms with Crippen LogP contribution in [0.2, 0.25) is 0 Å². The number of likely N-dealkylation sites (tertiary alicyclic amines) is 1. The molecule has 25 heavy (non-hydrogen) atoms. The maximum atomic E-state index is 12.9. The van der Waals surface area contributed by atoms with E-state index in [9.17, 15) is 4.79 Å². The smallest absolute Gasteiger partial charge is 0.225 e. The summed E-state index contributed by atoms with van der Waals surface area (Å²) < 4.78 is 6.07. The lowest BCUT2D eigenvalue weighted by Gasteiger charge is -2.29. The second-order valence-corrected chi connectivity index (χ2v) is 7.86. The fourth-order valence-electron chi connectivity index (χ4n) is 4.48. The Morgan fingerprint density at radius 3 is 2.64 bits per heavy atom. The van der Waals surface area contributed by atoms with Crippen LogP contribution in [0.3, 0.4) is 0 Å². The molecule has 0 N–H and O–H groups in total. The van der Waals surface area contributed by atoms with Gasteiger partial charge in [0.2, 0.25) is 11.9 Å². The van der Waals surface area contributed by atoms with Crippen molar-refractivity contribution in [2.45, 2.75) is 38.7 Å². The van der Waals surface area contributed by atoms with E-state index >= 15 is 0 Å². The van der Waals surface area contributed by atoms with Gasteiger partial charge in [0, 0.05) is 50.4 Å². The van der Waals surface area contributed by atoms with Gasteiger partial charge in [-0.05, 0) is 37.7 Å². The van der Waals surface area contributed by atoms with Gasteiger partial charge in [-0.1, -0.05) is 6.92 Å². The number of amides is 1. The van der Waals surface area contributed by atoms with E-state index in [0.29, 0.717) is 18.4 Å². The summed E-state index contributed by atoms with van der Waals surface area (Å²) in [4.78, 5) is 25.9. The summed E-state index contributed by atoms with van der Waals surface area (Å²) in [7, 11) is 0. The highest BCUT2D eigenvalue weighted by atomic mass is 16.5. The Bertz CT molecular complexity index is 588. The van der Waals surface area contributed by atoms with Gasteiger partial charge < -0.3 is 14.5 Å². The topological polar surface area (TPSA) is 58.6 Å². The molecule has 1 saturated carbocycles. The zero-order chi connectivity index (χ0) is 17.2. The molecule has 2 atom stereocenters. The SMILES string of the molecule is CC1CCC(C(=O)N2C[C@@H]3CN(c4ncccn4)CCO[C@@H]3C2)CC1. The summed E-state index contributed by atoms with van der Waals surface area (Å²) >= 11 is 0. The minimum atomic E-state index is 0.153. The molecule has 2 saturated heterocycles. The normalized spacial score (nSPS) is 33.0. The van der Waals surface area contributed by atoms with Gasteiger partial charge in [-0.25, -0.2) is 9.97 Å². The van der Waals surface area contributed by atoms with E-state index in [1.807, 2.05) is 6.07 Å². The van der Waals surface area contributed by atoms with Crippen LogP contribution in [0.4, 0.5) is 5.95 Å². The van der Waals surface area contributed by atoms with E-state index < -0.39 is 0 Å².